The average Bonchev–Trinajstić information content (AvgIpc) is 2.54. The van der Waals surface area contributed by atoms with Gasteiger partial charge in [-0.15, -0.1) is 0 Å². The van der Waals surface area contributed by atoms with Gasteiger partial charge >= 0.3 is 5.97 Å². The van der Waals surface area contributed by atoms with Gasteiger partial charge in [0.05, 0.1) is 19.8 Å². The van der Waals surface area contributed by atoms with Crippen molar-refractivity contribution < 1.29 is 19.4 Å². The zero-order valence-corrected chi connectivity index (χ0v) is 14.2. The van der Waals surface area contributed by atoms with Gasteiger partial charge < -0.3 is 20.3 Å². The Morgan fingerprint density at radius 1 is 1.48 bits per heavy atom. The molecule has 2 aliphatic rings. The van der Waals surface area contributed by atoms with Gasteiger partial charge in [-0.2, -0.15) is 0 Å². The summed E-state index contributed by atoms with van der Waals surface area (Å²) < 4.78 is 10.7. The summed E-state index contributed by atoms with van der Waals surface area (Å²) in [5.41, 5.74) is 6.64. The van der Waals surface area contributed by atoms with E-state index < -0.39 is 5.97 Å². The molecule has 1 saturated heterocycles. The summed E-state index contributed by atoms with van der Waals surface area (Å²) in [5.74, 6) is -0.0762. The van der Waals surface area contributed by atoms with Gasteiger partial charge in [0.25, 0.3) is 0 Å². The molecule has 0 aromatic carbocycles. The Balaban J connectivity index is 1.96. The Bertz CT molecular complexity index is 427. The van der Waals surface area contributed by atoms with E-state index >= 15 is 0 Å². The largest absolute Gasteiger partial charge is 0.478 e. The maximum Gasteiger partial charge on any atom is 0.331 e. The van der Waals surface area contributed by atoms with E-state index in [1.165, 1.54) is 0 Å². The molecule has 3 N–H and O–H groups in total. The minimum absolute atomic E-state index is 0.0885. The SMILES string of the molecule is COCCOC[C@H]1CCCN([C@@H]2C=C(C(=O)O)C[C@H](N)[C@H]2C)C1. The van der Waals surface area contributed by atoms with Crippen molar-refractivity contribution in [3.8, 4) is 0 Å². The van der Waals surface area contributed by atoms with E-state index in [1.54, 1.807) is 7.11 Å². The number of aliphatic carboxylic acids is 1. The Morgan fingerprint density at radius 2 is 2.26 bits per heavy atom. The lowest BCUT2D eigenvalue weighted by molar-refractivity contribution is -0.133. The summed E-state index contributed by atoms with van der Waals surface area (Å²) in [5, 5.41) is 9.30. The van der Waals surface area contributed by atoms with Crippen LogP contribution in [0.25, 0.3) is 0 Å². The number of methoxy groups -OCH3 is 1. The van der Waals surface area contributed by atoms with Crippen LogP contribution in [-0.4, -0.2) is 68.1 Å². The number of nitrogens with two attached hydrogens (primary N) is 1. The molecule has 4 atom stereocenters. The number of piperidine rings is 1. The molecule has 0 bridgehead atoms. The maximum atomic E-state index is 11.3. The highest BCUT2D eigenvalue weighted by Gasteiger charge is 2.35. The molecule has 1 fully saturated rings. The number of nitrogens with zero attached hydrogens (tertiary/aromatic N) is 1. The predicted octanol–water partition coefficient (Wildman–Crippen LogP) is 1.11. The van der Waals surface area contributed by atoms with Crippen LogP contribution in [0.5, 0.6) is 0 Å². The highest BCUT2D eigenvalue weighted by atomic mass is 16.5. The second-order valence-electron chi connectivity index (χ2n) is 6.79. The highest BCUT2D eigenvalue weighted by molar-refractivity contribution is 5.87. The lowest BCUT2D eigenvalue weighted by Crippen LogP contribution is -2.52. The first-order valence-electron chi connectivity index (χ1n) is 8.53. The minimum atomic E-state index is -0.839. The molecule has 2 rings (SSSR count). The lowest BCUT2D eigenvalue weighted by atomic mass is 9.81. The number of likely N-dealkylation sites (tertiary alicyclic amines) is 1. The second-order valence-corrected chi connectivity index (χ2v) is 6.79. The van der Waals surface area contributed by atoms with E-state index in [4.69, 9.17) is 15.2 Å². The van der Waals surface area contributed by atoms with Gasteiger partial charge in [0.15, 0.2) is 0 Å². The molecule has 0 aromatic rings. The van der Waals surface area contributed by atoms with Crippen LogP contribution >= 0.6 is 0 Å². The van der Waals surface area contributed by atoms with Gasteiger partial charge in [-0.3, -0.25) is 4.90 Å². The lowest BCUT2D eigenvalue weighted by Gasteiger charge is -2.43. The van der Waals surface area contributed by atoms with Crippen LogP contribution in [0.1, 0.15) is 26.2 Å². The fraction of sp³-hybridized carbons (Fsp3) is 0.824. The summed E-state index contributed by atoms with van der Waals surface area (Å²) in [4.78, 5) is 13.7. The molecule has 0 saturated carbocycles. The first-order chi connectivity index (χ1) is 11.0. The number of ether oxygens (including phenoxy) is 2. The van der Waals surface area contributed by atoms with Gasteiger partial charge in [-0.1, -0.05) is 13.0 Å². The van der Waals surface area contributed by atoms with Crippen LogP contribution in [-0.2, 0) is 14.3 Å². The van der Waals surface area contributed by atoms with E-state index in [1.807, 2.05) is 6.08 Å². The molecule has 1 aliphatic carbocycles. The molecule has 23 heavy (non-hydrogen) atoms. The topological polar surface area (TPSA) is 85.0 Å². The number of hydrogen-bond acceptors (Lipinski definition) is 5. The minimum Gasteiger partial charge on any atom is -0.478 e. The van der Waals surface area contributed by atoms with Gasteiger partial charge in [0, 0.05) is 31.3 Å². The molecule has 0 amide bonds. The Hall–Kier alpha value is -0.950. The van der Waals surface area contributed by atoms with Gasteiger partial charge in [0.2, 0.25) is 0 Å². The summed E-state index contributed by atoms with van der Waals surface area (Å²) in [7, 11) is 1.67. The number of rotatable bonds is 7. The number of carbonyl (C=O) groups is 1. The van der Waals surface area contributed by atoms with Crippen molar-refractivity contribution in [2.45, 2.75) is 38.3 Å². The Morgan fingerprint density at radius 3 is 2.96 bits per heavy atom. The first kappa shape index (κ1) is 18.4. The van der Waals surface area contributed by atoms with Crippen molar-refractivity contribution in [2.24, 2.45) is 17.6 Å². The first-order valence-corrected chi connectivity index (χ1v) is 8.53. The second kappa shape index (κ2) is 8.78. The van der Waals surface area contributed by atoms with E-state index in [-0.39, 0.29) is 18.0 Å². The third-order valence-corrected chi connectivity index (χ3v) is 5.07. The van der Waals surface area contributed by atoms with Crippen LogP contribution in [0, 0.1) is 11.8 Å². The molecule has 6 nitrogen and oxygen atoms in total. The molecule has 6 heteroatoms. The zero-order chi connectivity index (χ0) is 16.8. The van der Waals surface area contributed by atoms with Gasteiger partial charge in [0.1, 0.15) is 0 Å². The summed E-state index contributed by atoms with van der Waals surface area (Å²) in [6, 6.07) is 0.0288. The molecule has 1 aliphatic heterocycles. The summed E-state index contributed by atoms with van der Waals surface area (Å²) in [6.07, 6.45) is 4.66. The zero-order valence-electron chi connectivity index (χ0n) is 14.2. The van der Waals surface area contributed by atoms with Crippen molar-refractivity contribution >= 4 is 5.97 Å². The fourth-order valence-corrected chi connectivity index (χ4v) is 3.61. The Kier molecular flexibility index (Phi) is 7.02. The molecule has 0 aromatic heterocycles. The quantitative estimate of drug-likeness (QED) is 0.682. The maximum absolute atomic E-state index is 11.3. The van der Waals surface area contributed by atoms with Crippen LogP contribution in [0.2, 0.25) is 0 Å². The average molecular weight is 326 g/mol. The number of carboxylic acids is 1. The van der Waals surface area contributed by atoms with Crippen molar-refractivity contribution in [2.75, 3.05) is 40.0 Å². The van der Waals surface area contributed by atoms with Crippen molar-refractivity contribution in [1.29, 1.82) is 0 Å². The van der Waals surface area contributed by atoms with E-state index in [2.05, 4.69) is 11.8 Å². The van der Waals surface area contributed by atoms with Gasteiger partial charge in [-0.25, -0.2) is 4.79 Å². The molecule has 1 heterocycles. The van der Waals surface area contributed by atoms with E-state index in [0.717, 1.165) is 32.5 Å². The highest BCUT2D eigenvalue weighted by Crippen LogP contribution is 2.30. The molecule has 0 radical (unpaired) electrons. The van der Waals surface area contributed by atoms with Crippen molar-refractivity contribution in [1.82, 2.24) is 4.90 Å². The molecule has 0 unspecified atom stereocenters. The van der Waals surface area contributed by atoms with Crippen LogP contribution in [0.4, 0.5) is 0 Å². The molecular formula is C17H30N2O4. The summed E-state index contributed by atoms with van der Waals surface area (Å²) in [6.45, 7) is 6.06. The van der Waals surface area contributed by atoms with Crippen LogP contribution in [0.3, 0.4) is 0 Å². The van der Waals surface area contributed by atoms with Crippen LogP contribution < -0.4 is 5.73 Å². The van der Waals surface area contributed by atoms with Crippen LogP contribution in [0.15, 0.2) is 11.6 Å². The fourth-order valence-electron chi connectivity index (χ4n) is 3.61. The third-order valence-electron chi connectivity index (χ3n) is 5.07. The van der Waals surface area contributed by atoms with E-state index in [0.29, 0.717) is 31.1 Å². The number of hydrogen-bond donors (Lipinski definition) is 2. The molecule has 0 spiro atoms. The van der Waals surface area contributed by atoms with Crippen molar-refractivity contribution in [3.05, 3.63) is 11.6 Å². The van der Waals surface area contributed by atoms with Gasteiger partial charge in [-0.05, 0) is 37.6 Å². The number of carboxylic acid groups (broad SMARTS) is 1. The monoisotopic (exact) mass is 326 g/mol. The summed E-state index contributed by atoms with van der Waals surface area (Å²) >= 11 is 0. The normalized spacial score (nSPS) is 32.6. The predicted molar refractivity (Wildman–Crippen MR) is 88.3 cm³/mol. The van der Waals surface area contributed by atoms with Crippen molar-refractivity contribution in [3.63, 3.8) is 0 Å². The Labute approximate surface area is 138 Å². The standard InChI is InChI=1S/C17H30N2O4/c1-12-15(18)8-14(17(20)21)9-16(12)19-5-3-4-13(10-19)11-23-7-6-22-2/h9,12-13,15-16H,3-8,10-11,18H2,1-2H3,(H,20,21)/t12-,13+,15+,16-/m1/s1. The molecule has 132 valence electrons. The molecular weight excluding hydrogens is 296 g/mol. The smallest absolute Gasteiger partial charge is 0.331 e. The van der Waals surface area contributed by atoms with E-state index in [9.17, 15) is 9.90 Å². The third kappa shape index (κ3) is 5.01.